The van der Waals surface area contributed by atoms with Gasteiger partial charge in [0.2, 0.25) is 0 Å². The molecule has 0 N–H and O–H groups in total. The molecular formula is C13H34O2Si3. The molecule has 0 aliphatic rings. The van der Waals surface area contributed by atoms with Crippen LogP contribution in [0.4, 0.5) is 0 Å². The first-order chi connectivity index (χ1) is 7.87. The van der Waals surface area contributed by atoms with Gasteiger partial charge in [-0.05, 0) is 64.2 Å². The van der Waals surface area contributed by atoms with Gasteiger partial charge < -0.3 is 8.23 Å². The van der Waals surface area contributed by atoms with Crippen LogP contribution >= 0.6 is 0 Å². The van der Waals surface area contributed by atoms with Crippen molar-refractivity contribution in [1.29, 1.82) is 0 Å². The van der Waals surface area contributed by atoms with Crippen LogP contribution in [0.15, 0.2) is 0 Å². The van der Waals surface area contributed by atoms with Gasteiger partial charge in [-0.25, -0.2) is 0 Å². The molecule has 5 heteroatoms. The molecule has 0 rings (SSSR count). The van der Waals surface area contributed by atoms with Gasteiger partial charge in [0.05, 0.1) is 0 Å². The molecule has 0 saturated carbocycles. The Morgan fingerprint density at radius 2 is 1.22 bits per heavy atom. The Morgan fingerprint density at radius 3 is 1.50 bits per heavy atom. The fraction of sp³-hybridized carbons (Fsp3) is 1.00. The van der Waals surface area contributed by atoms with Gasteiger partial charge in [0.15, 0.2) is 16.6 Å². The van der Waals surface area contributed by atoms with E-state index in [0.717, 1.165) is 12.0 Å². The number of rotatable bonds is 8. The molecule has 1 unspecified atom stereocenters. The van der Waals surface area contributed by atoms with Crippen LogP contribution in [-0.4, -0.2) is 25.2 Å². The molecule has 0 bridgehead atoms. The minimum Gasteiger partial charge on any atom is -0.437 e. The third-order valence-electron chi connectivity index (χ3n) is 2.83. The van der Waals surface area contributed by atoms with Crippen molar-refractivity contribution in [2.24, 2.45) is 5.92 Å². The van der Waals surface area contributed by atoms with Crippen molar-refractivity contribution in [3.05, 3.63) is 0 Å². The molecule has 0 aromatic rings. The molecule has 0 saturated heterocycles. The molecule has 0 heterocycles. The second-order valence-corrected chi connectivity index (χ2v) is 20.5. The van der Waals surface area contributed by atoms with Crippen molar-refractivity contribution in [1.82, 2.24) is 0 Å². The highest BCUT2D eigenvalue weighted by Crippen LogP contribution is 2.27. The van der Waals surface area contributed by atoms with Crippen molar-refractivity contribution in [2.75, 3.05) is 0 Å². The summed E-state index contributed by atoms with van der Waals surface area (Å²) in [4.78, 5) is 0. The highest BCUT2D eigenvalue weighted by atomic mass is 28.5. The van der Waals surface area contributed by atoms with Crippen LogP contribution in [-0.2, 0) is 8.23 Å². The van der Waals surface area contributed by atoms with Crippen LogP contribution in [0, 0.1) is 5.92 Å². The zero-order chi connectivity index (χ0) is 14.6. The second kappa shape index (κ2) is 6.83. The van der Waals surface area contributed by atoms with E-state index in [0.29, 0.717) is 0 Å². The number of hydrogen-bond donors (Lipinski definition) is 0. The molecule has 0 amide bonds. The average Bonchev–Trinajstić information content (AvgIpc) is 2.07. The third-order valence-corrected chi connectivity index (χ3v) is 12.4. The van der Waals surface area contributed by atoms with E-state index in [1.807, 2.05) is 0 Å². The summed E-state index contributed by atoms with van der Waals surface area (Å²) in [5, 5.41) is 0. The van der Waals surface area contributed by atoms with Crippen LogP contribution in [0.2, 0.25) is 51.9 Å². The minimum atomic E-state index is -1.98. The van der Waals surface area contributed by atoms with E-state index in [4.69, 9.17) is 8.23 Å². The molecule has 0 fully saturated rings. The molecule has 0 aromatic carbocycles. The van der Waals surface area contributed by atoms with Crippen LogP contribution in [0.1, 0.15) is 26.7 Å². The number of hydrogen-bond acceptors (Lipinski definition) is 2. The summed E-state index contributed by atoms with van der Waals surface area (Å²) in [5.41, 5.74) is 0. The van der Waals surface area contributed by atoms with E-state index in [2.05, 4.69) is 59.7 Å². The van der Waals surface area contributed by atoms with Gasteiger partial charge in [-0.1, -0.05) is 20.3 Å². The van der Waals surface area contributed by atoms with Crippen molar-refractivity contribution in [2.45, 2.75) is 78.6 Å². The molecule has 110 valence electrons. The quantitative estimate of drug-likeness (QED) is 0.574. The van der Waals surface area contributed by atoms with Crippen molar-refractivity contribution in [3.63, 3.8) is 0 Å². The SMILES string of the molecule is CCC(C)CC[Si](C)(O[Si](C)(C)C)O[Si](C)(C)C. The summed E-state index contributed by atoms with van der Waals surface area (Å²) < 4.78 is 13.0. The van der Waals surface area contributed by atoms with Gasteiger partial charge in [0.1, 0.15) is 0 Å². The first-order valence-electron chi connectivity index (χ1n) is 7.27. The fourth-order valence-corrected chi connectivity index (χ4v) is 14.9. The molecular weight excluding hydrogens is 272 g/mol. The van der Waals surface area contributed by atoms with Gasteiger partial charge in [0.25, 0.3) is 0 Å². The molecule has 18 heavy (non-hydrogen) atoms. The van der Waals surface area contributed by atoms with E-state index in [1.54, 1.807) is 0 Å². The monoisotopic (exact) mass is 306 g/mol. The Balaban J connectivity index is 4.70. The Morgan fingerprint density at radius 1 is 0.833 bits per heavy atom. The van der Waals surface area contributed by atoms with E-state index < -0.39 is 25.2 Å². The largest absolute Gasteiger partial charge is 0.437 e. The zero-order valence-corrected chi connectivity index (χ0v) is 17.0. The van der Waals surface area contributed by atoms with Gasteiger partial charge in [-0.2, -0.15) is 0 Å². The fourth-order valence-electron chi connectivity index (χ4n) is 2.13. The summed E-state index contributed by atoms with van der Waals surface area (Å²) in [7, 11) is -5.01. The molecule has 0 spiro atoms. The summed E-state index contributed by atoms with van der Waals surface area (Å²) in [6.07, 6.45) is 2.50. The first-order valence-corrected chi connectivity index (χ1v) is 16.6. The van der Waals surface area contributed by atoms with Gasteiger partial charge in [-0.15, -0.1) is 0 Å². The Bertz CT molecular complexity index is 228. The van der Waals surface area contributed by atoms with Crippen molar-refractivity contribution >= 4 is 25.2 Å². The molecule has 0 radical (unpaired) electrons. The maximum Gasteiger partial charge on any atom is 0.314 e. The van der Waals surface area contributed by atoms with E-state index in [1.165, 1.54) is 12.8 Å². The van der Waals surface area contributed by atoms with Crippen LogP contribution in [0.5, 0.6) is 0 Å². The standard InChI is InChI=1S/C13H34O2Si3/c1-10-13(2)11-12-18(9,14-16(3,4)5)15-17(6,7)8/h13H,10-12H2,1-9H3. The zero-order valence-electron chi connectivity index (χ0n) is 14.0. The lowest BCUT2D eigenvalue weighted by Gasteiger charge is -2.39. The highest BCUT2D eigenvalue weighted by Gasteiger charge is 2.39. The summed E-state index contributed by atoms with van der Waals surface area (Å²) >= 11 is 0. The lowest BCUT2D eigenvalue weighted by molar-refractivity contribution is 0.372. The van der Waals surface area contributed by atoms with Crippen LogP contribution in [0.3, 0.4) is 0 Å². The smallest absolute Gasteiger partial charge is 0.314 e. The molecule has 2 nitrogen and oxygen atoms in total. The predicted octanol–water partition coefficient (Wildman–Crippen LogP) is 5.20. The Labute approximate surface area is 118 Å². The van der Waals surface area contributed by atoms with Crippen LogP contribution in [0.25, 0.3) is 0 Å². The lowest BCUT2D eigenvalue weighted by atomic mass is 10.1. The van der Waals surface area contributed by atoms with Gasteiger partial charge in [0, 0.05) is 0 Å². The molecule has 0 aliphatic heterocycles. The van der Waals surface area contributed by atoms with E-state index >= 15 is 0 Å². The third kappa shape index (κ3) is 9.49. The molecule has 0 aromatic heterocycles. The minimum absolute atomic E-state index is 0.785. The summed E-state index contributed by atoms with van der Waals surface area (Å²) in [5.74, 6) is 0.785. The Hall–Kier alpha value is 0.571. The Kier molecular flexibility index (Phi) is 7.05. The highest BCUT2D eigenvalue weighted by molar-refractivity contribution is 6.87. The van der Waals surface area contributed by atoms with Crippen molar-refractivity contribution in [3.8, 4) is 0 Å². The second-order valence-electron chi connectivity index (χ2n) is 7.61. The predicted molar refractivity (Wildman–Crippen MR) is 89.4 cm³/mol. The maximum absolute atomic E-state index is 6.49. The molecule has 1 atom stereocenters. The summed E-state index contributed by atoms with van der Waals surface area (Å²) in [6.45, 7) is 20.5. The topological polar surface area (TPSA) is 18.5 Å². The van der Waals surface area contributed by atoms with E-state index in [9.17, 15) is 0 Å². The van der Waals surface area contributed by atoms with Gasteiger partial charge >= 0.3 is 8.56 Å². The van der Waals surface area contributed by atoms with E-state index in [-0.39, 0.29) is 0 Å². The maximum atomic E-state index is 6.49. The normalized spacial score (nSPS) is 15.8. The van der Waals surface area contributed by atoms with Gasteiger partial charge in [-0.3, -0.25) is 0 Å². The first kappa shape index (κ1) is 18.6. The summed E-state index contributed by atoms with van der Waals surface area (Å²) in [6, 6.07) is 1.15. The lowest BCUT2D eigenvalue weighted by Crippen LogP contribution is -2.52. The van der Waals surface area contributed by atoms with Crippen LogP contribution < -0.4 is 0 Å². The molecule has 0 aliphatic carbocycles. The average molecular weight is 307 g/mol. The van der Waals surface area contributed by atoms with Crippen molar-refractivity contribution < 1.29 is 8.23 Å².